The summed E-state index contributed by atoms with van der Waals surface area (Å²) in [5.41, 5.74) is 3.28. The van der Waals surface area contributed by atoms with Gasteiger partial charge in [0.05, 0.1) is 28.0 Å². The Hall–Kier alpha value is -2.51. The third-order valence-electron chi connectivity index (χ3n) is 5.05. The molecule has 0 aliphatic carbocycles. The van der Waals surface area contributed by atoms with Gasteiger partial charge in [0.2, 0.25) is 11.8 Å². The van der Waals surface area contributed by atoms with E-state index in [2.05, 4.69) is 15.7 Å². The van der Waals surface area contributed by atoms with Crippen molar-refractivity contribution in [2.45, 2.75) is 33.4 Å². The number of nitrogens with zero attached hydrogens (tertiary/aromatic N) is 2. The lowest BCUT2D eigenvalue weighted by Gasteiger charge is -2.16. The molecule has 2 amide bonds. The Balaban J connectivity index is 1.30. The zero-order valence-corrected chi connectivity index (χ0v) is 18.1. The molecule has 150 valence electrons. The smallest absolute Gasteiger partial charge is 0.225 e. The first-order chi connectivity index (χ1) is 14.0. The van der Waals surface area contributed by atoms with Crippen molar-refractivity contribution in [3.05, 3.63) is 62.8 Å². The number of carbonyl (C=O) groups excluding carboxylic acids is 2. The fourth-order valence-corrected chi connectivity index (χ4v) is 5.02. The summed E-state index contributed by atoms with van der Waals surface area (Å²) in [4.78, 5) is 33.4. The van der Waals surface area contributed by atoms with Gasteiger partial charge in [-0.1, -0.05) is 29.8 Å². The van der Waals surface area contributed by atoms with E-state index >= 15 is 0 Å². The average Bonchev–Trinajstić information content (AvgIpc) is 3.42. The van der Waals surface area contributed by atoms with Crippen molar-refractivity contribution in [2.75, 3.05) is 6.54 Å². The number of hydrogen-bond acceptors (Lipinski definition) is 5. The molecule has 3 heterocycles. The van der Waals surface area contributed by atoms with Crippen LogP contribution in [0, 0.1) is 19.8 Å². The molecule has 2 aromatic heterocycles. The van der Waals surface area contributed by atoms with Crippen LogP contribution >= 0.6 is 22.7 Å². The standard InChI is InChI=1S/C22H23N3O2S2/c1-14-3-5-16(6-4-14)11-25-12-17(9-21(25)26)22(27)23-10-18-7-8-20(29-18)19-13-28-15(2)24-19/h3-8,13,17H,9-12H2,1-2H3,(H,23,27)/t17-/m1/s1. The molecule has 1 N–H and O–H groups in total. The van der Waals surface area contributed by atoms with Gasteiger partial charge in [-0.2, -0.15) is 0 Å². The van der Waals surface area contributed by atoms with E-state index in [-0.39, 0.29) is 24.2 Å². The predicted molar refractivity (Wildman–Crippen MR) is 117 cm³/mol. The van der Waals surface area contributed by atoms with Gasteiger partial charge in [0, 0.05) is 29.8 Å². The van der Waals surface area contributed by atoms with Crippen LogP contribution in [0.15, 0.2) is 41.8 Å². The lowest BCUT2D eigenvalue weighted by atomic mass is 10.1. The molecular formula is C22H23N3O2S2. The number of nitrogens with one attached hydrogen (secondary N) is 1. The van der Waals surface area contributed by atoms with E-state index in [1.54, 1.807) is 27.6 Å². The molecule has 1 aromatic carbocycles. The third-order valence-corrected chi connectivity index (χ3v) is 6.93. The fourth-order valence-electron chi connectivity index (χ4n) is 3.42. The van der Waals surface area contributed by atoms with E-state index in [4.69, 9.17) is 0 Å². The lowest BCUT2D eigenvalue weighted by molar-refractivity contribution is -0.129. The summed E-state index contributed by atoms with van der Waals surface area (Å²) in [5, 5.41) is 6.10. The van der Waals surface area contributed by atoms with Crippen molar-refractivity contribution < 1.29 is 9.59 Å². The first-order valence-corrected chi connectivity index (χ1v) is 11.3. The molecule has 1 atom stereocenters. The Kier molecular flexibility index (Phi) is 5.78. The summed E-state index contributed by atoms with van der Waals surface area (Å²) in [6, 6.07) is 12.2. The molecule has 1 fully saturated rings. The fraction of sp³-hybridized carbons (Fsp3) is 0.318. The topological polar surface area (TPSA) is 62.3 Å². The van der Waals surface area contributed by atoms with E-state index in [0.29, 0.717) is 19.6 Å². The van der Waals surface area contributed by atoms with Gasteiger partial charge >= 0.3 is 0 Å². The second-order valence-electron chi connectivity index (χ2n) is 7.40. The summed E-state index contributed by atoms with van der Waals surface area (Å²) in [6.45, 7) is 5.55. The van der Waals surface area contributed by atoms with Crippen LogP contribution in [0.25, 0.3) is 10.6 Å². The van der Waals surface area contributed by atoms with Crippen molar-refractivity contribution in [1.29, 1.82) is 0 Å². The number of aromatic nitrogens is 1. The largest absolute Gasteiger partial charge is 0.351 e. The van der Waals surface area contributed by atoms with E-state index in [0.717, 1.165) is 26.0 Å². The number of hydrogen-bond donors (Lipinski definition) is 1. The molecule has 0 spiro atoms. The molecule has 0 bridgehead atoms. The summed E-state index contributed by atoms with van der Waals surface area (Å²) < 4.78 is 0. The maximum absolute atomic E-state index is 12.6. The normalized spacial score (nSPS) is 16.4. The SMILES string of the molecule is Cc1ccc(CN2C[C@H](C(=O)NCc3ccc(-c4csc(C)n4)s3)CC2=O)cc1. The van der Waals surface area contributed by atoms with E-state index in [1.165, 1.54) is 5.56 Å². The van der Waals surface area contributed by atoms with Crippen molar-refractivity contribution in [3.8, 4) is 10.6 Å². The molecular weight excluding hydrogens is 402 g/mol. The van der Waals surface area contributed by atoms with Crippen molar-refractivity contribution >= 4 is 34.5 Å². The highest BCUT2D eigenvalue weighted by Gasteiger charge is 2.34. The number of thiophene rings is 1. The highest BCUT2D eigenvalue weighted by atomic mass is 32.1. The van der Waals surface area contributed by atoms with Gasteiger partial charge in [-0.15, -0.1) is 22.7 Å². The molecule has 0 radical (unpaired) electrons. The molecule has 0 saturated carbocycles. The summed E-state index contributed by atoms with van der Waals surface area (Å²) in [6.07, 6.45) is 0.283. The minimum absolute atomic E-state index is 0.0445. The second-order valence-corrected chi connectivity index (χ2v) is 9.63. The van der Waals surface area contributed by atoms with Crippen LogP contribution in [0.5, 0.6) is 0 Å². The molecule has 3 aromatic rings. The monoisotopic (exact) mass is 425 g/mol. The van der Waals surface area contributed by atoms with Gasteiger partial charge in [0.15, 0.2) is 0 Å². The second kappa shape index (κ2) is 8.47. The predicted octanol–water partition coefficient (Wildman–Crippen LogP) is 4.15. The summed E-state index contributed by atoms with van der Waals surface area (Å²) in [7, 11) is 0. The van der Waals surface area contributed by atoms with Crippen LogP contribution in [0.4, 0.5) is 0 Å². The zero-order chi connectivity index (χ0) is 20.4. The van der Waals surface area contributed by atoms with Crippen molar-refractivity contribution in [3.63, 3.8) is 0 Å². The molecule has 0 unspecified atom stereocenters. The Morgan fingerprint density at radius 1 is 1.21 bits per heavy atom. The summed E-state index contributed by atoms with van der Waals surface area (Å²) in [5.74, 6) is -0.291. The van der Waals surface area contributed by atoms with Crippen LogP contribution in [-0.4, -0.2) is 28.2 Å². The minimum Gasteiger partial charge on any atom is -0.351 e. The Bertz CT molecular complexity index is 1020. The van der Waals surface area contributed by atoms with E-state index in [9.17, 15) is 9.59 Å². The molecule has 7 heteroatoms. The average molecular weight is 426 g/mol. The van der Waals surface area contributed by atoms with Gasteiger partial charge in [0.1, 0.15) is 0 Å². The van der Waals surface area contributed by atoms with Gasteiger partial charge in [-0.25, -0.2) is 4.98 Å². The molecule has 5 nitrogen and oxygen atoms in total. The molecule has 1 aliphatic heterocycles. The number of carbonyl (C=O) groups is 2. The van der Waals surface area contributed by atoms with Gasteiger partial charge in [0.25, 0.3) is 0 Å². The zero-order valence-electron chi connectivity index (χ0n) is 16.5. The van der Waals surface area contributed by atoms with Gasteiger partial charge < -0.3 is 10.2 Å². The third kappa shape index (κ3) is 4.74. The number of aryl methyl sites for hydroxylation is 2. The van der Waals surface area contributed by atoms with Crippen LogP contribution in [0.1, 0.15) is 27.4 Å². The van der Waals surface area contributed by atoms with E-state index in [1.807, 2.05) is 50.2 Å². The Labute approximate surface area is 178 Å². The lowest BCUT2D eigenvalue weighted by Crippen LogP contribution is -2.32. The first-order valence-electron chi connectivity index (χ1n) is 9.60. The molecule has 1 aliphatic rings. The van der Waals surface area contributed by atoms with Crippen LogP contribution in [-0.2, 0) is 22.7 Å². The number of amides is 2. The molecule has 1 saturated heterocycles. The van der Waals surface area contributed by atoms with Crippen molar-refractivity contribution in [2.24, 2.45) is 5.92 Å². The van der Waals surface area contributed by atoms with Crippen LogP contribution in [0.2, 0.25) is 0 Å². The van der Waals surface area contributed by atoms with Crippen molar-refractivity contribution in [1.82, 2.24) is 15.2 Å². The maximum atomic E-state index is 12.6. The van der Waals surface area contributed by atoms with Gasteiger partial charge in [-0.05, 0) is 31.5 Å². The number of likely N-dealkylation sites (tertiary alicyclic amines) is 1. The Morgan fingerprint density at radius 2 is 2.00 bits per heavy atom. The number of thiazole rings is 1. The first kappa shape index (κ1) is 19.8. The van der Waals surface area contributed by atoms with Crippen LogP contribution in [0.3, 0.4) is 0 Å². The highest BCUT2D eigenvalue weighted by Crippen LogP contribution is 2.29. The van der Waals surface area contributed by atoms with Crippen LogP contribution < -0.4 is 5.32 Å². The Morgan fingerprint density at radius 3 is 2.72 bits per heavy atom. The highest BCUT2D eigenvalue weighted by molar-refractivity contribution is 7.16. The van der Waals surface area contributed by atoms with Gasteiger partial charge in [-0.3, -0.25) is 9.59 Å². The minimum atomic E-state index is -0.284. The quantitative estimate of drug-likeness (QED) is 0.645. The maximum Gasteiger partial charge on any atom is 0.225 e. The summed E-state index contributed by atoms with van der Waals surface area (Å²) >= 11 is 3.27. The number of rotatable bonds is 6. The van der Waals surface area contributed by atoms with E-state index < -0.39 is 0 Å². The number of benzene rings is 1. The molecule has 29 heavy (non-hydrogen) atoms. The molecule has 4 rings (SSSR count).